The molecular weight excluding hydrogens is 372 g/mol. The van der Waals surface area contributed by atoms with Crippen molar-refractivity contribution in [1.29, 1.82) is 0 Å². The maximum atomic E-state index is 13.7. The normalized spacial score (nSPS) is 18.0. The number of nitrogens with zero attached hydrogens (tertiary/aromatic N) is 1. The second-order valence-corrected chi connectivity index (χ2v) is 11.1. The predicted molar refractivity (Wildman–Crippen MR) is 92.2 cm³/mol. The molecule has 142 valence electrons. The van der Waals surface area contributed by atoms with Crippen molar-refractivity contribution in [2.45, 2.75) is 37.7 Å². The van der Waals surface area contributed by atoms with Crippen molar-refractivity contribution in [1.82, 2.24) is 4.31 Å². The van der Waals surface area contributed by atoms with Gasteiger partial charge in [0.15, 0.2) is 9.84 Å². The second-order valence-electron chi connectivity index (χ2n) is 6.81. The van der Waals surface area contributed by atoms with Gasteiger partial charge in [-0.05, 0) is 37.0 Å². The molecule has 1 aromatic rings. The Bertz CT molecular complexity index is 815. The number of rotatable bonds is 6. The summed E-state index contributed by atoms with van der Waals surface area (Å²) in [5, 5.41) is -0.549. The van der Waals surface area contributed by atoms with Crippen LogP contribution >= 0.6 is 0 Å². The fraction of sp³-hybridized carbons (Fsp3) is 0.625. The largest absolute Gasteiger partial charge is 0.229 e. The van der Waals surface area contributed by atoms with Crippen molar-refractivity contribution in [3.05, 3.63) is 35.4 Å². The fourth-order valence-corrected chi connectivity index (χ4v) is 6.71. The number of hydrogen-bond acceptors (Lipinski definition) is 4. The van der Waals surface area contributed by atoms with E-state index in [1.54, 1.807) is 0 Å². The van der Waals surface area contributed by atoms with Gasteiger partial charge in [0.1, 0.15) is 11.6 Å². The third kappa shape index (κ3) is 5.21. The first-order valence-electron chi connectivity index (χ1n) is 8.14. The summed E-state index contributed by atoms with van der Waals surface area (Å²) >= 11 is 0. The van der Waals surface area contributed by atoms with Crippen LogP contribution in [0, 0.1) is 17.6 Å². The molecule has 5 nitrogen and oxygen atoms in total. The third-order valence-corrected chi connectivity index (χ3v) is 8.66. The third-order valence-electron chi connectivity index (χ3n) is 4.21. The van der Waals surface area contributed by atoms with Crippen LogP contribution in [0.2, 0.25) is 0 Å². The molecule has 0 N–H and O–H groups in total. The zero-order valence-electron chi connectivity index (χ0n) is 14.3. The number of piperidine rings is 1. The molecule has 0 aromatic heterocycles. The smallest absolute Gasteiger partial charge is 0.218 e. The Labute approximate surface area is 148 Å². The average Bonchev–Trinajstić information content (AvgIpc) is 2.49. The molecule has 1 saturated heterocycles. The van der Waals surface area contributed by atoms with Crippen molar-refractivity contribution in [2.75, 3.05) is 18.8 Å². The van der Waals surface area contributed by atoms with Crippen LogP contribution in [0.5, 0.6) is 0 Å². The van der Waals surface area contributed by atoms with Crippen LogP contribution in [0.1, 0.15) is 32.3 Å². The van der Waals surface area contributed by atoms with Crippen LogP contribution in [0.3, 0.4) is 0 Å². The molecule has 2 rings (SSSR count). The lowest BCUT2D eigenvalue weighted by molar-refractivity contribution is 0.344. The molecule has 0 saturated carbocycles. The van der Waals surface area contributed by atoms with E-state index in [4.69, 9.17) is 0 Å². The Morgan fingerprint density at radius 3 is 2.28 bits per heavy atom. The lowest BCUT2D eigenvalue weighted by Gasteiger charge is -2.31. The Morgan fingerprint density at radius 2 is 1.72 bits per heavy atom. The van der Waals surface area contributed by atoms with E-state index in [1.807, 2.05) is 13.8 Å². The van der Waals surface area contributed by atoms with Crippen LogP contribution in [0.15, 0.2) is 18.2 Å². The standard InChI is InChI=1S/C16H23F2NO4S2/c1-12(2)10-24(20,21)15-5-7-19(8-6-15)25(22,23)11-13-9-14(17)3-4-16(13)18/h3-4,9,12,15H,5-8,10-11H2,1-2H3. The van der Waals surface area contributed by atoms with Gasteiger partial charge in [-0.1, -0.05) is 13.8 Å². The maximum Gasteiger partial charge on any atom is 0.218 e. The Balaban J connectivity index is 2.05. The molecule has 1 aliphatic heterocycles. The summed E-state index contributed by atoms with van der Waals surface area (Å²) in [6, 6.07) is 2.69. The highest BCUT2D eigenvalue weighted by Gasteiger charge is 2.34. The molecule has 0 aliphatic carbocycles. The van der Waals surface area contributed by atoms with Crippen molar-refractivity contribution < 1.29 is 25.6 Å². The molecule has 25 heavy (non-hydrogen) atoms. The Hall–Kier alpha value is -1.06. The lowest BCUT2D eigenvalue weighted by Crippen LogP contribution is -2.43. The summed E-state index contributed by atoms with van der Waals surface area (Å²) in [6.45, 7) is 3.79. The summed E-state index contributed by atoms with van der Waals surface area (Å²) in [7, 11) is -7.09. The molecule has 0 amide bonds. The molecule has 1 aliphatic rings. The van der Waals surface area contributed by atoms with Crippen molar-refractivity contribution in [2.24, 2.45) is 5.92 Å². The minimum atomic E-state index is -3.84. The van der Waals surface area contributed by atoms with Crippen LogP contribution in [-0.2, 0) is 25.6 Å². The highest BCUT2D eigenvalue weighted by atomic mass is 32.2. The van der Waals surface area contributed by atoms with Gasteiger partial charge in [-0.2, -0.15) is 0 Å². The van der Waals surface area contributed by atoms with Crippen molar-refractivity contribution >= 4 is 19.9 Å². The van der Waals surface area contributed by atoms with Gasteiger partial charge >= 0.3 is 0 Å². The minimum Gasteiger partial charge on any atom is -0.229 e. The predicted octanol–water partition coefficient (Wildman–Crippen LogP) is 2.33. The molecule has 0 unspecified atom stereocenters. The molecule has 1 fully saturated rings. The summed E-state index contributed by atoms with van der Waals surface area (Å²) in [4.78, 5) is 0. The number of halogens is 2. The van der Waals surface area contributed by atoms with E-state index in [0.29, 0.717) is 0 Å². The maximum absolute atomic E-state index is 13.7. The first-order valence-corrected chi connectivity index (χ1v) is 11.5. The first-order chi connectivity index (χ1) is 11.5. The second kappa shape index (κ2) is 7.67. The molecule has 0 bridgehead atoms. The molecular formula is C16H23F2NO4S2. The lowest BCUT2D eigenvalue weighted by atomic mass is 10.2. The average molecular weight is 395 g/mol. The van der Waals surface area contributed by atoms with E-state index in [-0.39, 0.29) is 43.2 Å². The van der Waals surface area contributed by atoms with E-state index in [2.05, 4.69) is 0 Å². The van der Waals surface area contributed by atoms with Gasteiger partial charge in [0, 0.05) is 18.7 Å². The van der Waals surface area contributed by atoms with Crippen LogP contribution < -0.4 is 0 Å². The molecule has 0 atom stereocenters. The van der Waals surface area contributed by atoms with Crippen LogP contribution in [0.4, 0.5) is 8.78 Å². The van der Waals surface area contributed by atoms with E-state index in [0.717, 1.165) is 18.2 Å². The summed E-state index contributed by atoms with van der Waals surface area (Å²) < 4.78 is 77.5. The van der Waals surface area contributed by atoms with Gasteiger partial charge in [-0.3, -0.25) is 0 Å². The number of sulfone groups is 1. The fourth-order valence-electron chi connectivity index (χ4n) is 3.01. The minimum absolute atomic E-state index is 0.0164. The van der Waals surface area contributed by atoms with Crippen LogP contribution in [0.25, 0.3) is 0 Å². The molecule has 1 aromatic carbocycles. The number of sulfonamides is 1. The van der Waals surface area contributed by atoms with Gasteiger partial charge < -0.3 is 0 Å². The molecule has 9 heteroatoms. The van der Waals surface area contributed by atoms with Gasteiger partial charge in [-0.15, -0.1) is 0 Å². The highest BCUT2D eigenvalue weighted by molar-refractivity contribution is 7.92. The van der Waals surface area contributed by atoms with E-state index in [1.165, 1.54) is 4.31 Å². The SMILES string of the molecule is CC(C)CS(=O)(=O)C1CCN(S(=O)(=O)Cc2cc(F)ccc2F)CC1. The number of benzene rings is 1. The number of hydrogen-bond donors (Lipinski definition) is 0. The van der Waals surface area contributed by atoms with Crippen molar-refractivity contribution in [3.63, 3.8) is 0 Å². The van der Waals surface area contributed by atoms with E-state index in [9.17, 15) is 25.6 Å². The van der Waals surface area contributed by atoms with Gasteiger partial charge in [-0.25, -0.2) is 29.9 Å². The van der Waals surface area contributed by atoms with Crippen molar-refractivity contribution in [3.8, 4) is 0 Å². The highest BCUT2D eigenvalue weighted by Crippen LogP contribution is 2.24. The topological polar surface area (TPSA) is 71.5 Å². The van der Waals surface area contributed by atoms with Gasteiger partial charge in [0.2, 0.25) is 10.0 Å². The Morgan fingerprint density at radius 1 is 1.12 bits per heavy atom. The monoisotopic (exact) mass is 395 g/mol. The van der Waals surface area contributed by atoms with Gasteiger partial charge in [0.05, 0.1) is 16.8 Å². The van der Waals surface area contributed by atoms with Crippen LogP contribution in [-0.4, -0.2) is 45.2 Å². The Kier molecular flexibility index (Phi) is 6.22. The zero-order chi connectivity index (χ0) is 18.8. The summed E-state index contributed by atoms with van der Waals surface area (Å²) in [5.74, 6) is -2.02. The molecule has 1 heterocycles. The zero-order valence-corrected chi connectivity index (χ0v) is 15.9. The summed E-state index contributed by atoms with van der Waals surface area (Å²) in [5.41, 5.74) is -0.227. The molecule has 0 radical (unpaired) electrons. The quantitative estimate of drug-likeness (QED) is 0.741. The van der Waals surface area contributed by atoms with E-state index >= 15 is 0 Å². The molecule has 0 spiro atoms. The summed E-state index contributed by atoms with van der Waals surface area (Å²) in [6.07, 6.45) is 0.444. The van der Waals surface area contributed by atoms with E-state index < -0.39 is 42.5 Å². The first kappa shape index (κ1) is 20.3. The van der Waals surface area contributed by atoms with Gasteiger partial charge in [0.25, 0.3) is 0 Å².